The quantitative estimate of drug-likeness (QED) is 0.773. The summed E-state index contributed by atoms with van der Waals surface area (Å²) in [5.41, 5.74) is 10.9. The number of hydrogen-bond donors (Lipinski definition) is 2. The number of primary amides is 1. The van der Waals surface area contributed by atoms with Crippen molar-refractivity contribution in [1.29, 1.82) is 0 Å². The van der Waals surface area contributed by atoms with Crippen LogP contribution in [-0.4, -0.2) is 60.4 Å². The molecule has 0 radical (unpaired) electrons. The smallest absolute Gasteiger partial charge is 0.229 e. The number of carbonyl (C=O) groups excluding carboxylic acids is 2. The minimum absolute atomic E-state index is 0.00125. The SMILES string of the molecule is CC(C)(CN1CCC(C(N)=O)CC1)C(=O)N1CCC(N)CC1. The zero-order valence-corrected chi connectivity index (χ0v) is 13.9. The van der Waals surface area contributed by atoms with Crippen LogP contribution in [0.3, 0.4) is 0 Å². The van der Waals surface area contributed by atoms with E-state index >= 15 is 0 Å². The maximum atomic E-state index is 12.8. The number of nitrogens with two attached hydrogens (primary N) is 2. The topological polar surface area (TPSA) is 92.7 Å². The Morgan fingerprint density at radius 3 is 2.09 bits per heavy atom. The highest BCUT2D eigenvalue weighted by Gasteiger charge is 2.36. The van der Waals surface area contributed by atoms with E-state index in [9.17, 15) is 9.59 Å². The van der Waals surface area contributed by atoms with Crippen molar-refractivity contribution in [1.82, 2.24) is 9.80 Å². The van der Waals surface area contributed by atoms with Gasteiger partial charge in [0.1, 0.15) is 0 Å². The van der Waals surface area contributed by atoms with E-state index < -0.39 is 5.41 Å². The molecule has 0 saturated carbocycles. The average Bonchev–Trinajstić information content (AvgIpc) is 2.47. The maximum absolute atomic E-state index is 12.8. The van der Waals surface area contributed by atoms with Crippen molar-refractivity contribution in [2.75, 3.05) is 32.7 Å². The largest absolute Gasteiger partial charge is 0.369 e. The molecule has 0 spiro atoms. The van der Waals surface area contributed by atoms with E-state index in [2.05, 4.69) is 4.90 Å². The summed E-state index contributed by atoms with van der Waals surface area (Å²) in [4.78, 5) is 28.2. The van der Waals surface area contributed by atoms with Crippen LogP contribution in [0.15, 0.2) is 0 Å². The fourth-order valence-electron chi connectivity index (χ4n) is 3.53. The summed E-state index contributed by atoms with van der Waals surface area (Å²) in [5, 5.41) is 0. The Balaban J connectivity index is 1.85. The van der Waals surface area contributed by atoms with Crippen molar-refractivity contribution in [2.24, 2.45) is 22.8 Å². The van der Waals surface area contributed by atoms with Gasteiger partial charge in [-0.15, -0.1) is 0 Å². The van der Waals surface area contributed by atoms with Gasteiger partial charge in [0.25, 0.3) is 0 Å². The van der Waals surface area contributed by atoms with Crippen LogP contribution in [0.1, 0.15) is 39.5 Å². The van der Waals surface area contributed by atoms with Gasteiger partial charge in [0.05, 0.1) is 5.41 Å². The van der Waals surface area contributed by atoms with Crippen molar-refractivity contribution >= 4 is 11.8 Å². The molecule has 0 atom stereocenters. The first kappa shape index (κ1) is 17.2. The highest BCUT2D eigenvalue weighted by Crippen LogP contribution is 2.26. The number of hydrogen-bond acceptors (Lipinski definition) is 4. The molecule has 0 aromatic rings. The van der Waals surface area contributed by atoms with Crippen LogP contribution in [0.5, 0.6) is 0 Å². The van der Waals surface area contributed by atoms with Crippen LogP contribution in [0, 0.1) is 11.3 Å². The fourth-order valence-corrected chi connectivity index (χ4v) is 3.53. The molecule has 0 aromatic heterocycles. The summed E-state index contributed by atoms with van der Waals surface area (Å²) >= 11 is 0. The number of amides is 2. The Morgan fingerprint density at radius 2 is 1.59 bits per heavy atom. The second-order valence-electron chi connectivity index (χ2n) is 7.47. The minimum atomic E-state index is -0.402. The van der Waals surface area contributed by atoms with Gasteiger partial charge in [-0.1, -0.05) is 0 Å². The van der Waals surface area contributed by atoms with Crippen molar-refractivity contribution in [3.05, 3.63) is 0 Å². The first-order valence-corrected chi connectivity index (χ1v) is 8.36. The predicted molar refractivity (Wildman–Crippen MR) is 85.9 cm³/mol. The zero-order chi connectivity index (χ0) is 16.3. The lowest BCUT2D eigenvalue weighted by molar-refractivity contribution is -0.143. The van der Waals surface area contributed by atoms with E-state index in [1.165, 1.54) is 0 Å². The Bertz CT molecular complexity index is 408. The van der Waals surface area contributed by atoms with Crippen LogP contribution in [0.25, 0.3) is 0 Å². The molecule has 126 valence electrons. The monoisotopic (exact) mass is 310 g/mol. The zero-order valence-electron chi connectivity index (χ0n) is 13.9. The van der Waals surface area contributed by atoms with Crippen molar-refractivity contribution < 1.29 is 9.59 Å². The molecule has 4 N–H and O–H groups in total. The van der Waals surface area contributed by atoms with Crippen LogP contribution in [0.2, 0.25) is 0 Å². The molecule has 0 aliphatic carbocycles. The van der Waals surface area contributed by atoms with Gasteiger partial charge in [0.15, 0.2) is 0 Å². The molecule has 6 nitrogen and oxygen atoms in total. The van der Waals surface area contributed by atoms with E-state index in [1.54, 1.807) is 0 Å². The van der Waals surface area contributed by atoms with Gasteiger partial charge in [-0.25, -0.2) is 0 Å². The van der Waals surface area contributed by atoms with Crippen LogP contribution in [-0.2, 0) is 9.59 Å². The summed E-state index contributed by atoms with van der Waals surface area (Å²) in [7, 11) is 0. The molecule has 0 unspecified atom stereocenters. The van der Waals surface area contributed by atoms with E-state index in [0.717, 1.165) is 58.4 Å². The molecule has 2 amide bonds. The number of carbonyl (C=O) groups is 2. The molecule has 6 heteroatoms. The van der Waals surface area contributed by atoms with Gasteiger partial charge in [-0.05, 0) is 52.6 Å². The standard InChI is InChI=1S/C16H30N4O2/c1-16(2,15(22)20-9-5-13(17)6-10-20)11-19-7-3-12(4-8-19)14(18)21/h12-13H,3-11,17H2,1-2H3,(H2,18,21). The molecule has 22 heavy (non-hydrogen) atoms. The van der Waals surface area contributed by atoms with E-state index in [0.29, 0.717) is 0 Å². The Labute approximate surface area is 133 Å². The highest BCUT2D eigenvalue weighted by atomic mass is 16.2. The first-order valence-electron chi connectivity index (χ1n) is 8.36. The average molecular weight is 310 g/mol. The van der Waals surface area contributed by atoms with Gasteiger partial charge in [-0.2, -0.15) is 0 Å². The predicted octanol–water partition coefficient (Wildman–Crippen LogP) is 0.160. The lowest BCUT2D eigenvalue weighted by atomic mass is 9.87. The Morgan fingerprint density at radius 1 is 1.05 bits per heavy atom. The van der Waals surface area contributed by atoms with Crippen molar-refractivity contribution in [3.63, 3.8) is 0 Å². The Hall–Kier alpha value is -1.14. The summed E-state index contributed by atoms with van der Waals surface area (Å²) in [6.07, 6.45) is 3.40. The third kappa shape index (κ3) is 4.20. The summed E-state index contributed by atoms with van der Waals surface area (Å²) in [6.45, 7) is 8.00. The van der Waals surface area contributed by atoms with Crippen LogP contribution in [0.4, 0.5) is 0 Å². The molecule has 2 aliphatic rings. The van der Waals surface area contributed by atoms with Gasteiger partial charge < -0.3 is 21.3 Å². The molecule has 2 fully saturated rings. The number of rotatable bonds is 4. The molecular formula is C16H30N4O2. The fraction of sp³-hybridized carbons (Fsp3) is 0.875. The lowest BCUT2D eigenvalue weighted by Crippen LogP contribution is -2.52. The van der Waals surface area contributed by atoms with Gasteiger partial charge in [0, 0.05) is 31.6 Å². The molecule has 0 aromatic carbocycles. The molecule has 2 saturated heterocycles. The first-order chi connectivity index (χ1) is 10.3. The summed E-state index contributed by atoms with van der Waals surface area (Å²) in [6, 6.07) is 0.236. The highest BCUT2D eigenvalue weighted by molar-refractivity contribution is 5.82. The number of piperidine rings is 2. The third-order valence-electron chi connectivity index (χ3n) is 5.01. The molecule has 2 aliphatic heterocycles. The normalized spacial score (nSPS) is 22.8. The number of nitrogens with zero attached hydrogens (tertiary/aromatic N) is 2. The molecule has 2 rings (SSSR count). The maximum Gasteiger partial charge on any atom is 0.229 e. The lowest BCUT2D eigenvalue weighted by Gasteiger charge is -2.40. The molecule has 0 bridgehead atoms. The van der Waals surface area contributed by atoms with Crippen LogP contribution < -0.4 is 11.5 Å². The summed E-state index contributed by atoms with van der Waals surface area (Å²) in [5.74, 6) is 0.0229. The van der Waals surface area contributed by atoms with E-state index in [4.69, 9.17) is 11.5 Å². The minimum Gasteiger partial charge on any atom is -0.369 e. The van der Waals surface area contributed by atoms with E-state index in [1.807, 2.05) is 18.7 Å². The Kier molecular flexibility index (Phi) is 5.45. The van der Waals surface area contributed by atoms with Crippen molar-refractivity contribution in [3.8, 4) is 0 Å². The second kappa shape index (κ2) is 6.96. The third-order valence-corrected chi connectivity index (χ3v) is 5.01. The molecular weight excluding hydrogens is 280 g/mol. The molecule has 2 heterocycles. The summed E-state index contributed by atoms with van der Waals surface area (Å²) < 4.78 is 0. The number of likely N-dealkylation sites (tertiary alicyclic amines) is 2. The second-order valence-corrected chi connectivity index (χ2v) is 7.47. The van der Waals surface area contributed by atoms with Gasteiger partial charge in [-0.3, -0.25) is 9.59 Å². The van der Waals surface area contributed by atoms with E-state index in [-0.39, 0.29) is 23.8 Å². The van der Waals surface area contributed by atoms with Crippen LogP contribution >= 0.6 is 0 Å². The van der Waals surface area contributed by atoms with Crippen molar-refractivity contribution in [2.45, 2.75) is 45.6 Å². The van der Waals surface area contributed by atoms with Gasteiger partial charge >= 0.3 is 0 Å². The van der Waals surface area contributed by atoms with Gasteiger partial charge in [0.2, 0.25) is 11.8 Å².